The molecule has 27 heavy (non-hydrogen) atoms. The summed E-state index contributed by atoms with van der Waals surface area (Å²) in [6, 6.07) is 16.3. The number of nitrogens with one attached hydrogen (secondary N) is 2. The number of amides is 1. The van der Waals surface area contributed by atoms with Crippen LogP contribution in [0.5, 0.6) is 0 Å². The van der Waals surface area contributed by atoms with Crippen LogP contribution in [0.1, 0.15) is 31.7 Å². The third kappa shape index (κ3) is 3.88. The van der Waals surface area contributed by atoms with Crippen molar-refractivity contribution in [3.8, 4) is 11.4 Å². The summed E-state index contributed by atoms with van der Waals surface area (Å²) in [5.74, 6) is 1.02. The normalized spacial score (nSPS) is 17.4. The number of H-pyrrole nitrogens is 1. The van der Waals surface area contributed by atoms with E-state index >= 15 is 0 Å². The van der Waals surface area contributed by atoms with Crippen LogP contribution in [0.15, 0.2) is 48.5 Å². The van der Waals surface area contributed by atoms with E-state index in [1.807, 2.05) is 24.3 Å². The van der Waals surface area contributed by atoms with Crippen molar-refractivity contribution < 1.29 is 4.79 Å². The van der Waals surface area contributed by atoms with Gasteiger partial charge in [0.05, 0.1) is 17.1 Å². The van der Waals surface area contributed by atoms with Crippen LogP contribution < -0.4 is 5.32 Å². The van der Waals surface area contributed by atoms with Gasteiger partial charge in [-0.05, 0) is 50.0 Å². The van der Waals surface area contributed by atoms with Crippen molar-refractivity contribution >= 4 is 16.9 Å². The molecular weight excluding hydrogens is 336 g/mol. The molecule has 1 atom stereocenters. The average molecular weight is 362 g/mol. The number of rotatable bonds is 6. The SMILES string of the molecule is CCCN1CCCC1C(=O)NCc1ccc(-c2nc3ccccc3[nH]2)cc1. The van der Waals surface area contributed by atoms with E-state index in [0.29, 0.717) is 6.54 Å². The number of fused-ring (bicyclic) bond motifs is 1. The lowest BCUT2D eigenvalue weighted by atomic mass is 10.1. The zero-order valence-electron chi connectivity index (χ0n) is 15.7. The number of hydrogen-bond acceptors (Lipinski definition) is 3. The smallest absolute Gasteiger partial charge is 0.237 e. The molecule has 3 aromatic rings. The fraction of sp³-hybridized carbons (Fsp3) is 0.364. The molecule has 1 aromatic heterocycles. The molecule has 2 heterocycles. The van der Waals surface area contributed by atoms with E-state index in [4.69, 9.17) is 0 Å². The minimum Gasteiger partial charge on any atom is -0.351 e. The Balaban J connectivity index is 1.38. The lowest BCUT2D eigenvalue weighted by molar-refractivity contribution is -0.125. The van der Waals surface area contributed by atoms with E-state index in [9.17, 15) is 4.79 Å². The number of aromatic nitrogens is 2. The number of likely N-dealkylation sites (tertiary alicyclic amines) is 1. The predicted molar refractivity (Wildman–Crippen MR) is 108 cm³/mol. The Bertz CT molecular complexity index is 882. The molecule has 140 valence electrons. The lowest BCUT2D eigenvalue weighted by Gasteiger charge is -2.22. The Morgan fingerprint density at radius 1 is 1.22 bits per heavy atom. The van der Waals surface area contributed by atoms with Gasteiger partial charge >= 0.3 is 0 Å². The first-order chi connectivity index (χ1) is 13.2. The van der Waals surface area contributed by atoms with Crippen molar-refractivity contribution in [1.29, 1.82) is 0 Å². The van der Waals surface area contributed by atoms with Gasteiger partial charge < -0.3 is 10.3 Å². The molecule has 0 saturated carbocycles. The van der Waals surface area contributed by atoms with Crippen molar-refractivity contribution in [3.63, 3.8) is 0 Å². The zero-order valence-corrected chi connectivity index (χ0v) is 15.7. The Kier molecular flexibility index (Phi) is 5.21. The summed E-state index contributed by atoms with van der Waals surface area (Å²) >= 11 is 0. The van der Waals surface area contributed by atoms with Gasteiger partial charge in [0.25, 0.3) is 0 Å². The van der Waals surface area contributed by atoms with Crippen LogP contribution in [0.25, 0.3) is 22.4 Å². The van der Waals surface area contributed by atoms with Crippen molar-refractivity contribution in [2.45, 2.75) is 38.8 Å². The van der Waals surface area contributed by atoms with Crippen LogP contribution in [0.2, 0.25) is 0 Å². The molecule has 0 radical (unpaired) electrons. The third-order valence-corrected chi connectivity index (χ3v) is 5.26. The van der Waals surface area contributed by atoms with E-state index in [1.54, 1.807) is 0 Å². The van der Waals surface area contributed by atoms with Gasteiger partial charge in [0.1, 0.15) is 5.82 Å². The highest BCUT2D eigenvalue weighted by Gasteiger charge is 2.29. The van der Waals surface area contributed by atoms with Crippen molar-refractivity contribution in [2.75, 3.05) is 13.1 Å². The second kappa shape index (κ2) is 7.92. The summed E-state index contributed by atoms with van der Waals surface area (Å²) in [7, 11) is 0. The molecule has 1 amide bonds. The average Bonchev–Trinajstić information content (AvgIpc) is 3.33. The van der Waals surface area contributed by atoms with E-state index < -0.39 is 0 Å². The quantitative estimate of drug-likeness (QED) is 0.702. The third-order valence-electron chi connectivity index (χ3n) is 5.26. The Labute approximate surface area is 159 Å². The van der Waals surface area contributed by atoms with Crippen molar-refractivity contribution in [2.24, 2.45) is 0 Å². The molecule has 2 aromatic carbocycles. The standard InChI is InChI=1S/C22H26N4O/c1-2-13-26-14-5-8-20(26)22(27)23-15-16-9-11-17(12-10-16)21-24-18-6-3-4-7-19(18)25-21/h3-4,6-7,9-12,20H,2,5,8,13-15H2,1H3,(H,23,27)(H,24,25). The van der Waals surface area contributed by atoms with E-state index in [-0.39, 0.29) is 11.9 Å². The fourth-order valence-corrected chi connectivity index (χ4v) is 3.85. The highest BCUT2D eigenvalue weighted by Crippen LogP contribution is 2.21. The van der Waals surface area contributed by atoms with Gasteiger partial charge in [-0.2, -0.15) is 0 Å². The summed E-state index contributed by atoms with van der Waals surface area (Å²) in [6.45, 7) is 4.77. The monoisotopic (exact) mass is 362 g/mol. The van der Waals surface area contributed by atoms with Crippen LogP contribution in [0.4, 0.5) is 0 Å². The molecule has 5 nitrogen and oxygen atoms in total. The summed E-state index contributed by atoms with van der Waals surface area (Å²) in [5, 5.41) is 3.11. The number of aromatic amines is 1. The minimum absolute atomic E-state index is 0.0415. The Hall–Kier alpha value is -2.66. The number of carbonyl (C=O) groups is 1. The first kappa shape index (κ1) is 17.7. The Morgan fingerprint density at radius 3 is 2.81 bits per heavy atom. The van der Waals surface area contributed by atoms with E-state index in [0.717, 1.165) is 60.3 Å². The molecule has 0 spiro atoms. The van der Waals surface area contributed by atoms with Gasteiger partial charge in [0.2, 0.25) is 5.91 Å². The maximum atomic E-state index is 12.5. The molecule has 1 fully saturated rings. The molecular formula is C22H26N4O. The van der Waals surface area contributed by atoms with Gasteiger partial charge in [-0.3, -0.25) is 9.69 Å². The number of imidazole rings is 1. The minimum atomic E-state index is 0.0415. The summed E-state index contributed by atoms with van der Waals surface area (Å²) in [4.78, 5) is 22.8. The van der Waals surface area contributed by atoms with Crippen LogP contribution in [-0.2, 0) is 11.3 Å². The fourth-order valence-electron chi connectivity index (χ4n) is 3.85. The number of para-hydroxylation sites is 2. The second-order valence-corrected chi connectivity index (χ2v) is 7.21. The molecule has 0 aliphatic carbocycles. The van der Waals surface area contributed by atoms with Gasteiger partial charge in [-0.25, -0.2) is 4.98 Å². The van der Waals surface area contributed by atoms with Crippen molar-refractivity contribution in [3.05, 3.63) is 54.1 Å². The summed E-state index contributed by atoms with van der Waals surface area (Å²) in [5.41, 5.74) is 4.16. The molecule has 1 unspecified atom stereocenters. The number of benzene rings is 2. The van der Waals surface area contributed by atoms with Gasteiger partial charge in [0.15, 0.2) is 0 Å². The first-order valence-electron chi connectivity index (χ1n) is 9.80. The molecule has 1 aliphatic heterocycles. The highest BCUT2D eigenvalue weighted by molar-refractivity contribution is 5.82. The van der Waals surface area contributed by atoms with E-state index in [1.165, 1.54) is 0 Å². The van der Waals surface area contributed by atoms with Crippen LogP contribution in [0, 0.1) is 0 Å². The molecule has 0 bridgehead atoms. The highest BCUT2D eigenvalue weighted by atomic mass is 16.2. The van der Waals surface area contributed by atoms with Crippen molar-refractivity contribution in [1.82, 2.24) is 20.2 Å². The predicted octanol–water partition coefficient (Wildman–Crippen LogP) is 3.72. The molecule has 1 aliphatic rings. The summed E-state index contributed by atoms with van der Waals surface area (Å²) < 4.78 is 0. The van der Waals surface area contributed by atoms with Crippen LogP contribution in [-0.4, -0.2) is 39.9 Å². The molecule has 1 saturated heterocycles. The summed E-state index contributed by atoms with van der Waals surface area (Å²) in [6.07, 6.45) is 3.17. The lowest BCUT2D eigenvalue weighted by Crippen LogP contribution is -2.43. The number of hydrogen-bond donors (Lipinski definition) is 2. The van der Waals surface area contributed by atoms with Gasteiger partial charge in [-0.15, -0.1) is 0 Å². The maximum absolute atomic E-state index is 12.5. The second-order valence-electron chi connectivity index (χ2n) is 7.21. The number of nitrogens with zero attached hydrogens (tertiary/aromatic N) is 2. The van der Waals surface area contributed by atoms with Gasteiger partial charge in [-0.1, -0.05) is 43.3 Å². The number of carbonyl (C=O) groups excluding carboxylic acids is 1. The Morgan fingerprint density at radius 2 is 2.04 bits per heavy atom. The first-order valence-corrected chi connectivity index (χ1v) is 9.80. The maximum Gasteiger partial charge on any atom is 0.237 e. The zero-order chi connectivity index (χ0) is 18.6. The molecule has 5 heteroatoms. The molecule has 2 N–H and O–H groups in total. The van der Waals surface area contributed by atoms with Crippen LogP contribution in [0.3, 0.4) is 0 Å². The van der Waals surface area contributed by atoms with Crippen LogP contribution >= 0.6 is 0 Å². The molecule has 4 rings (SSSR count). The van der Waals surface area contributed by atoms with E-state index in [2.05, 4.69) is 51.4 Å². The topological polar surface area (TPSA) is 61.0 Å². The van der Waals surface area contributed by atoms with Gasteiger partial charge in [0, 0.05) is 12.1 Å². The largest absolute Gasteiger partial charge is 0.351 e.